The second-order valence-electron chi connectivity index (χ2n) is 7.02. The third kappa shape index (κ3) is 4.80. The summed E-state index contributed by atoms with van der Waals surface area (Å²) < 4.78 is 14.2. The van der Waals surface area contributed by atoms with Crippen LogP contribution in [0.5, 0.6) is 11.5 Å². The molecule has 8 heteroatoms. The summed E-state index contributed by atoms with van der Waals surface area (Å²) in [5.41, 5.74) is 1.53. The number of hydrogen-bond donors (Lipinski definition) is 0. The summed E-state index contributed by atoms with van der Waals surface area (Å²) >= 11 is 4.73. The van der Waals surface area contributed by atoms with Gasteiger partial charge in [-0.1, -0.05) is 65.2 Å². The third-order valence-electron chi connectivity index (χ3n) is 4.78. The van der Waals surface area contributed by atoms with Crippen molar-refractivity contribution in [1.82, 2.24) is 14.6 Å². The Balaban J connectivity index is 1.61. The summed E-state index contributed by atoms with van der Waals surface area (Å²) in [7, 11) is 1.61. The van der Waals surface area contributed by atoms with Crippen molar-refractivity contribution in [2.45, 2.75) is 26.2 Å². The number of aromatic nitrogens is 3. The number of nitrogens with zero attached hydrogens (tertiary/aromatic N) is 3. The molecule has 0 spiro atoms. The number of rotatable bonds is 8. The van der Waals surface area contributed by atoms with E-state index in [9.17, 15) is 4.79 Å². The van der Waals surface area contributed by atoms with Crippen LogP contribution in [0.1, 0.15) is 31.7 Å². The van der Waals surface area contributed by atoms with Gasteiger partial charge in [-0.05, 0) is 42.3 Å². The maximum atomic E-state index is 12.8. The fourth-order valence-electron chi connectivity index (χ4n) is 3.13. The van der Waals surface area contributed by atoms with Crippen molar-refractivity contribution in [3.8, 4) is 22.9 Å². The summed E-state index contributed by atoms with van der Waals surface area (Å²) in [5.74, 6) is 1.89. The van der Waals surface area contributed by atoms with Gasteiger partial charge in [0.1, 0.15) is 0 Å². The SMILES string of the molecule is CCCCCOc1ccc(C=c2sc3nc(-c4ccc(Br)cc4)nn3c2=O)cc1OC. The lowest BCUT2D eigenvalue weighted by Crippen LogP contribution is -2.23. The van der Waals surface area contributed by atoms with E-state index in [1.807, 2.05) is 48.5 Å². The summed E-state index contributed by atoms with van der Waals surface area (Å²) in [4.78, 5) is 17.9. The molecule has 6 nitrogen and oxygen atoms in total. The summed E-state index contributed by atoms with van der Waals surface area (Å²) in [6, 6.07) is 13.3. The highest BCUT2D eigenvalue weighted by Crippen LogP contribution is 2.28. The van der Waals surface area contributed by atoms with Crippen LogP contribution in [-0.4, -0.2) is 28.3 Å². The van der Waals surface area contributed by atoms with E-state index in [1.54, 1.807) is 7.11 Å². The summed E-state index contributed by atoms with van der Waals surface area (Å²) in [5, 5.41) is 4.39. The van der Waals surface area contributed by atoms with Gasteiger partial charge in [-0.15, -0.1) is 5.10 Å². The van der Waals surface area contributed by atoms with Crippen LogP contribution in [0.25, 0.3) is 22.4 Å². The molecular weight excluding hydrogens is 478 g/mol. The second-order valence-corrected chi connectivity index (χ2v) is 8.94. The van der Waals surface area contributed by atoms with Crippen LogP contribution in [0.3, 0.4) is 0 Å². The van der Waals surface area contributed by atoms with Crippen molar-refractivity contribution >= 4 is 38.3 Å². The van der Waals surface area contributed by atoms with E-state index in [2.05, 4.69) is 32.9 Å². The molecule has 0 fully saturated rings. The number of halogens is 1. The molecule has 0 amide bonds. The van der Waals surface area contributed by atoms with E-state index >= 15 is 0 Å². The van der Waals surface area contributed by atoms with E-state index in [0.717, 1.165) is 34.9 Å². The topological polar surface area (TPSA) is 65.7 Å². The largest absolute Gasteiger partial charge is 0.493 e. The van der Waals surface area contributed by atoms with Crippen molar-refractivity contribution in [1.29, 1.82) is 0 Å². The lowest BCUT2D eigenvalue weighted by atomic mass is 10.2. The maximum Gasteiger partial charge on any atom is 0.291 e. The Morgan fingerprint density at radius 2 is 1.94 bits per heavy atom. The number of unbranched alkanes of at least 4 members (excludes halogenated alkanes) is 2. The van der Waals surface area contributed by atoms with Crippen molar-refractivity contribution < 1.29 is 9.47 Å². The van der Waals surface area contributed by atoms with E-state index < -0.39 is 0 Å². The molecule has 2 heterocycles. The zero-order valence-electron chi connectivity index (χ0n) is 17.3. The van der Waals surface area contributed by atoms with Crippen LogP contribution in [0, 0.1) is 0 Å². The van der Waals surface area contributed by atoms with Gasteiger partial charge in [-0.2, -0.15) is 9.50 Å². The van der Waals surface area contributed by atoms with E-state index in [0.29, 0.717) is 33.4 Å². The molecule has 0 bridgehead atoms. The average molecular weight is 500 g/mol. The van der Waals surface area contributed by atoms with Crippen LogP contribution >= 0.6 is 27.3 Å². The molecule has 0 saturated heterocycles. The van der Waals surface area contributed by atoms with Crippen molar-refractivity contribution in [3.05, 3.63) is 67.4 Å². The van der Waals surface area contributed by atoms with Crippen molar-refractivity contribution in [3.63, 3.8) is 0 Å². The quantitative estimate of drug-likeness (QED) is 0.328. The molecule has 2 aromatic carbocycles. The van der Waals surface area contributed by atoms with E-state index in [1.165, 1.54) is 15.9 Å². The molecule has 0 aliphatic rings. The fraction of sp³-hybridized carbons (Fsp3) is 0.261. The number of methoxy groups -OCH3 is 1. The zero-order chi connectivity index (χ0) is 21.8. The molecule has 0 radical (unpaired) electrons. The predicted molar refractivity (Wildman–Crippen MR) is 127 cm³/mol. The van der Waals surface area contributed by atoms with Gasteiger partial charge in [0.15, 0.2) is 17.3 Å². The first-order valence-corrected chi connectivity index (χ1v) is 11.7. The number of thiazole rings is 1. The Bertz CT molecular complexity index is 1300. The van der Waals surface area contributed by atoms with Gasteiger partial charge < -0.3 is 9.47 Å². The van der Waals surface area contributed by atoms with Gasteiger partial charge in [-0.25, -0.2) is 0 Å². The molecular formula is C23H22BrN3O3S. The Morgan fingerprint density at radius 1 is 1.13 bits per heavy atom. The minimum Gasteiger partial charge on any atom is -0.493 e. The highest BCUT2D eigenvalue weighted by molar-refractivity contribution is 9.10. The molecule has 4 aromatic rings. The average Bonchev–Trinajstić information content (AvgIpc) is 3.32. The first kappa shape index (κ1) is 21.5. The fourth-order valence-corrected chi connectivity index (χ4v) is 4.31. The molecule has 0 atom stereocenters. The van der Waals surface area contributed by atoms with Crippen LogP contribution in [0.4, 0.5) is 0 Å². The molecule has 0 saturated carbocycles. The lowest BCUT2D eigenvalue weighted by Gasteiger charge is -2.11. The lowest BCUT2D eigenvalue weighted by molar-refractivity contribution is 0.286. The first-order valence-electron chi connectivity index (χ1n) is 10.1. The Hall–Kier alpha value is -2.71. The first-order chi connectivity index (χ1) is 15.1. The Morgan fingerprint density at radius 3 is 2.65 bits per heavy atom. The highest BCUT2D eigenvalue weighted by atomic mass is 79.9. The van der Waals surface area contributed by atoms with Crippen molar-refractivity contribution in [2.24, 2.45) is 0 Å². The summed E-state index contributed by atoms with van der Waals surface area (Å²) in [6.45, 7) is 2.82. The molecule has 160 valence electrons. The Kier molecular flexibility index (Phi) is 6.67. The number of ether oxygens (including phenoxy) is 2. The molecule has 0 N–H and O–H groups in total. The van der Waals surface area contributed by atoms with Gasteiger partial charge >= 0.3 is 0 Å². The monoisotopic (exact) mass is 499 g/mol. The van der Waals surface area contributed by atoms with Gasteiger partial charge in [0.2, 0.25) is 4.96 Å². The summed E-state index contributed by atoms with van der Waals surface area (Å²) in [6.07, 6.45) is 5.12. The van der Waals surface area contributed by atoms with Gasteiger partial charge in [0.25, 0.3) is 5.56 Å². The Labute approximate surface area is 192 Å². The molecule has 0 unspecified atom stereocenters. The predicted octanol–water partition coefficient (Wildman–Crippen LogP) is 4.71. The molecule has 2 aromatic heterocycles. The van der Waals surface area contributed by atoms with E-state index in [4.69, 9.17) is 9.47 Å². The van der Waals surface area contributed by atoms with Crippen molar-refractivity contribution in [2.75, 3.05) is 13.7 Å². The van der Waals surface area contributed by atoms with Crippen LogP contribution in [-0.2, 0) is 0 Å². The van der Waals surface area contributed by atoms with Crippen LogP contribution in [0.15, 0.2) is 51.7 Å². The van der Waals surface area contributed by atoms with Gasteiger partial charge in [0.05, 0.1) is 18.2 Å². The molecule has 0 aliphatic carbocycles. The minimum atomic E-state index is -0.185. The normalized spacial score (nSPS) is 11.9. The second kappa shape index (κ2) is 9.62. The minimum absolute atomic E-state index is 0.185. The number of benzene rings is 2. The molecule has 0 aliphatic heterocycles. The molecule has 31 heavy (non-hydrogen) atoms. The van der Waals surface area contributed by atoms with Crippen LogP contribution in [0.2, 0.25) is 0 Å². The highest BCUT2D eigenvalue weighted by Gasteiger charge is 2.12. The van der Waals surface area contributed by atoms with Crippen LogP contribution < -0.4 is 19.6 Å². The smallest absolute Gasteiger partial charge is 0.291 e. The number of fused-ring (bicyclic) bond motifs is 1. The zero-order valence-corrected chi connectivity index (χ0v) is 19.7. The molecule has 4 rings (SSSR count). The van der Waals surface area contributed by atoms with Gasteiger partial charge in [0, 0.05) is 10.0 Å². The number of hydrogen-bond acceptors (Lipinski definition) is 6. The maximum absolute atomic E-state index is 12.8. The standard InChI is InChI=1S/C23H22BrN3O3S/c1-3-4-5-12-30-18-11-6-15(13-19(18)29-2)14-20-22(28)27-23(31-20)25-21(26-27)16-7-9-17(24)10-8-16/h6-11,13-14H,3-5,12H2,1-2H3. The van der Waals surface area contributed by atoms with E-state index in [-0.39, 0.29) is 5.56 Å². The van der Waals surface area contributed by atoms with Gasteiger partial charge in [-0.3, -0.25) is 4.79 Å². The third-order valence-corrected chi connectivity index (χ3v) is 6.26.